The van der Waals surface area contributed by atoms with Gasteiger partial charge >= 0.3 is 5.97 Å². The van der Waals surface area contributed by atoms with Gasteiger partial charge in [-0.2, -0.15) is 0 Å². The lowest BCUT2D eigenvalue weighted by Crippen LogP contribution is -2.52. The number of rotatable bonds is 10. The number of amides is 2. The summed E-state index contributed by atoms with van der Waals surface area (Å²) < 4.78 is 31.7. The number of carbonyl (C=O) groups excluding carboxylic acids is 3. The summed E-state index contributed by atoms with van der Waals surface area (Å²) in [5.74, 6) is -2.46. The lowest BCUT2D eigenvalue weighted by atomic mass is 10.0. The minimum atomic E-state index is -1.02. The van der Waals surface area contributed by atoms with Crippen molar-refractivity contribution in [1.82, 2.24) is 10.6 Å². The van der Waals surface area contributed by atoms with E-state index in [1.165, 1.54) is 43.3 Å². The first-order valence-electron chi connectivity index (χ1n) is 11.1. The molecule has 0 saturated heterocycles. The van der Waals surface area contributed by atoms with Gasteiger partial charge in [0.25, 0.3) is 5.91 Å². The van der Waals surface area contributed by atoms with Crippen LogP contribution >= 0.6 is 0 Å². The van der Waals surface area contributed by atoms with Gasteiger partial charge in [0.05, 0.1) is 6.04 Å². The van der Waals surface area contributed by atoms with Crippen LogP contribution in [0.2, 0.25) is 0 Å². The topological polar surface area (TPSA) is 84.5 Å². The van der Waals surface area contributed by atoms with E-state index in [4.69, 9.17) is 4.74 Å². The van der Waals surface area contributed by atoms with Gasteiger partial charge in [0.1, 0.15) is 24.3 Å². The fraction of sp³-hybridized carbons (Fsp3) is 0.222. The molecule has 3 aromatic rings. The summed E-state index contributed by atoms with van der Waals surface area (Å²) in [5.41, 5.74) is 1.74. The quantitative estimate of drug-likeness (QED) is 0.435. The van der Waals surface area contributed by atoms with Gasteiger partial charge in [-0.1, -0.05) is 42.5 Å². The Morgan fingerprint density at radius 2 is 1.34 bits per heavy atom. The third-order valence-electron chi connectivity index (χ3n) is 5.24. The molecule has 0 bridgehead atoms. The van der Waals surface area contributed by atoms with Gasteiger partial charge in [0, 0.05) is 18.9 Å². The van der Waals surface area contributed by atoms with Crippen molar-refractivity contribution >= 4 is 17.8 Å². The Morgan fingerprint density at radius 1 is 0.771 bits per heavy atom. The van der Waals surface area contributed by atoms with Gasteiger partial charge in [-0.3, -0.25) is 14.4 Å². The summed E-state index contributed by atoms with van der Waals surface area (Å²) in [7, 11) is 0. The smallest absolute Gasteiger partial charge is 0.302 e. The third-order valence-corrected chi connectivity index (χ3v) is 5.24. The maximum absolute atomic E-state index is 13.4. The van der Waals surface area contributed by atoms with Crippen LogP contribution in [0.1, 0.15) is 28.4 Å². The Kier molecular flexibility index (Phi) is 9.06. The van der Waals surface area contributed by atoms with Crippen LogP contribution in [-0.4, -0.2) is 36.5 Å². The van der Waals surface area contributed by atoms with Crippen molar-refractivity contribution in [2.24, 2.45) is 0 Å². The molecule has 182 valence electrons. The van der Waals surface area contributed by atoms with Crippen LogP contribution in [0.3, 0.4) is 0 Å². The molecule has 0 fully saturated rings. The van der Waals surface area contributed by atoms with E-state index in [-0.39, 0.29) is 18.6 Å². The third kappa shape index (κ3) is 8.33. The van der Waals surface area contributed by atoms with E-state index in [2.05, 4.69) is 10.6 Å². The van der Waals surface area contributed by atoms with E-state index in [0.717, 1.165) is 17.7 Å². The standard InChI is InChI=1S/C27H26F2N2O4/c1-18(32)35-17-24(15-19-5-3-2-4-6-19)30-27(34)25(16-20-7-11-22(28)12-8-20)31-26(33)21-9-13-23(29)14-10-21/h2-14,24-25H,15-17H2,1H3,(H,30,34)(H,31,33)/t24-,25-/m0/s1. The maximum Gasteiger partial charge on any atom is 0.302 e. The predicted molar refractivity (Wildman–Crippen MR) is 126 cm³/mol. The van der Waals surface area contributed by atoms with Crippen molar-refractivity contribution in [3.8, 4) is 0 Å². The summed E-state index contributed by atoms with van der Waals surface area (Å²) in [6, 6.07) is 18.3. The van der Waals surface area contributed by atoms with Gasteiger partial charge in [0.2, 0.25) is 5.91 Å². The molecule has 35 heavy (non-hydrogen) atoms. The zero-order chi connectivity index (χ0) is 25.2. The number of carbonyl (C=O) groups is 3. The maximum atomic E-state index is 13.4. The van der Waals surface area contributed by atoms with Crippen LogP contribution in [-0.2, 0) is 27.2 Å². The van der Waals surface area contributed by atoms with Crippen molar-refractivity contribution in [2.45, 2.75) is 31.8 Å². The highest BCUT2D eigenvalue weighted by atomic mass is 19.1. The zero-order valence-electron chi connectivity index (χ0n) is 19.2. The van der Waals surface area contributed by atoms with Crippen molar-refractivity contribution in [3.63, 3.8) is 0 Å². The molecule has 0 aliphatic rings. The van der Waals surface area contributed by atoms with Crippen molar-refractivity contribution in [2.75, 3.05) is 6.61 Å². The molecule has 0 saturated carbocycles. The molecule has 2 atom stereocenters. The summed E-state index contributed by atoms with van der Waals surface area (Å²) in [5, 5.41) is 5.53. The van der Waals surface area contributed by atoms with Crippen LogP contribution in [0, 0.1) is 11.6 Å². The fourth-order valence-corrected chi connectivity index (χ4v) is 3.48. The minimum absolute atomic E-state index is 0.0505. The Hall–Kier alpha value is -4.07. The predicted octanol–water partition coefficient (Wildman–Crippen LogP) is 3.60. The van der Waals surface area contributed by atoms with Gasteiger partial charge < -0.3 is 15.4 Å². The Balaban J connectivity index is 1.79. The minimum Gasteiger partial charge on any atom is -0.464 e. The van der Waals surface area contributed by atoms with E-state index in [1.807, 2.05) is 30.3 Å². The molecule has 0 aliphatic heterocycles. The Labute approximate surface area is 202 Å². The number of esters is 1. The largest absolute Gasteiger partial charge is 0.464 e. The molecule has 2 N–H and O–H groups in total. The highest BCUT2D eigenvalue weighted by Crippen LogP contribution is 2.10. The molecule has 2 amide bonds. The highest BCUT2D eigenvalue weighted by molar-refractivity contribution is 5.97. The average Bonchev–Trinajstić information content (AvgIpc) is 2.84. The van der Waals surface area contributed by atoms with E-state index in [9.17, 15) is 23.2 Å². The molecule has 0 spiro atoms. The van der Waals surface area contributed by atoms with Crippen molar-refractivity contribution in [3.05, 3.63) is 107 Å². The molecule has 8 heteroatoms. The first kappa shape index (κ1) is 25.6. The Bertz CT molecular complexity index is 1140. The summed E-state index contributed by atoms with van der Waals surface area (Å²) in [4.78, 5) is 37.4. The second-order valence-electron chi connectivity index (χ2n) is 8.06. The number of nitrogens with one attached hydrogen (secondary N) is 2. The molecular weight excluding hydrogens is 454 g/mol. The van der Waals surface area contributed by atoms with Crippen LogP contribution in [0.5, 0.6) is 0 Å². The molecule has 0 heterocycles. The van der Waals surface area contributed by atoms with E-state index in [0.29, 0.717) is 12.0 Å². The van der Waals surface area contributed by atoms with Gasteiger partial charge in [-0.25, -0.2) is 8.78 Å². The first-order valence-corrected chi connectivity index (χ1v) is 11.1. The SMILES string of the molecule is CC(=O)OC[C@H](Cc1ccccc1)NC(=O)[C@H](Cc1ccc(F)cc1)NC(=O)c1ccc(F)cc1. The van der Waals surface area contributed by atoms with Crippen LogP contribution in [0.25, 0.3) is 0 Å². The number of halogens is 2. The molecule has 3 rings (SSSR count). The zero-order valence-corrected chi connectivity index (χ0v) is 19.2. The molecule has 0 aliphatic carbocycles. The van der Waals surface area contributed by atoms with E-state index < -0.39 is 41.5 Å². The lowest BCUT2D eigenvalue weighted by molar-refractivity contribution is -0.142. The van der Waals surface area contributed by atoms with Crippen LogP contribution < -0.4 is 10.6 Å². The normalized spacial score (nSPS) is 12.3. The van der Waals surface area contributed by atoms with Crippen LogP contribution in [0.15, 0.2) is 78.9 Å². The lowest BCUT2D eigenvalue weighted by Gasteiger charge is -2.24. The van der Waals surface area contributed by atoms with E-state index in [1.54, 1.807) is 0 Å². The number of hydrogen-bond acceptors (Lipinski definition) is 4. The molecule has 0 radical (unpaired) electrons. The van der Waals surface area contributed by atoms with Crippen LogP contribution in [0.4, 0.5) is 8.78 Å². The Morgan fingerprint density at radius 3 is 1.94 bits per heavy atom. The second kappa shape index (κ2) is 12.4. The molecule has 3 aromatic carbocycles. The summed E-state index contributed by atoms with van der Waals surface area (Å²) in [6.45, 7) is 1.23. The average molecular weight is 481 g/mol. The van der Waals surface area contributed by atoms with Gasteiger partial charge in [-0.05, 0) is 53.9 Å². The van der Waals surface area contributed by atoms with Gasteiger partial charge in [-0.15, -0.1) is 0 Å². The number of hydrogen-bond donors (Lipinski definition) is 2. The molecule has 6 nitrogen and oxygen atoms in total. The van der Waals surface area contributed by atoms with E-state index >= 15 is 0 Å². The number of benzene rings is 3. The highest BCUT2D eigenvalue weighted by Gasteiger charge is 2.25. The summed E-state index contributed by atoms with van der Waals surface area (Å²) >= 11 is 0. The second-order valence-corrected chi connectivity index (χ2v) is 8.06. The monoisotopic (exact) mass is 480 g/mol. The molecule has 0 aromatic heterocycles. The molecular formula is C27H26F2N2O4. The number of ether oxygens (including phenoxy) is 1. The van der Waals surface area contributed by atoms with Gasteiger partial charge in [0.15, 0.2) is 0 Å². The first-order chi connectivity index (χ1) is 16.8. The van der Waals surface area contributed by atoms with Crippen molar-refractivity contribution in [1.29, 1.82) is 0 Å². The van der Waals surface area contributed by atoms with Crippen molar-refractivity contribution < 1.29 is 27.9 Å². The summed E-state index contributed by atoms with van der Waals surface area (Å²) in [6.07, 6.45) is 0.486. The molecule has 0 unspecified atom stereocenters. The fourth-order valence-electron chi connectivity index (χ4n) is 3.48.